The summed E-state index contributed by atoms with van der Waals surface area (Å²) in [6.45, 7) is 2.64. The fourth-order valence-corrected chi connectivity index (χ4v) is 0.799. The largest absolute Gasteiger partial charge is 3.00 e. The van der Waals surface area contributed by atoms with Crippen LogP contribution in [-0.4, -0.2) is 35.9 Å². The molecule has 0 saturated carbocycles. The van der Waals surface area contributed by atoms with Crippen molar-refractivity contribution < 1.29 is 103 Å². The molecule has 0 fully saturated rings. The molecule has 0 amide bonds. The molecule has 0 bridgehead atoms. The van der Waals surface area contributed by atoms with Crippen LogP contribution in [0.4, 0.5) is 39.5 Å². The number of allylic oxidation sites excluding steroid dienone is 6. The molecule has 0 aliphatic rings. The normalized spacial score (nSPS) is 12.6. The second-order valence-corrected chi connectivity index (χ2v) is 4.85. The fourth-order valence-electron chi connectivity index (χ4n) is 0.799. The molecule has 0 aromatic heterocycles. The molecule has 6 nitrogen and oxygen atoms in total. The predicted octanol–water partition coefficient (Wildman–Crippen LogP) is 1.14. The summed E-state index contributed by atoms with van der Waals surface area (Å²) in [5, 5.41) is 29.6. The molecular formula is C15H12F9Fe2O6+3. The number of carbonyl (C=O) groups excluding carboxylic acids is 3. The van der Waals surface area contributed by atoms with Gasteiger partial charge < -0.3 is 15.3 Å². The van der Waals surface area contributed by atoms with Gasteiger partial charge in [-0.15, -0.1) is 0 Å². The maximum atomic E-state index is 11.3. The van der Waals surface area contributed by atoms with Gasteiger partial charge in [0.25, 0.3) is 0 Å². The van der Waals surface area contributed by atoms with Crippen LogP contribution in [0.25, 0.3) is 0 Å². The molecule has 0 aliphatic carbocycles. The average Bonchev–Trinajstić information content (AvgIpc) is 2.43. The first-order valence-electron chi connectivity index (χ1n) is 6.91. The van der Waals surface area contributed by atoms with Crippen molar-refractivity contribution in [3.63, 3.8) is 0 Å². The van der Waals surface area contributed by atoms with E-state index < -0.39 is 53.2 Å². The molecule has 17 heteroatoms. The number of alkyl halides is 9. The van der Waals surface area contributed by atoms with Gasteiger partial charge in [-0.05, 0) is 56.3 Å². The van der Waals surface area contributed by atoms with Crippen molar-refractivity contribution in [3.05, 3.63) is 35.5 Å². The maximum Gasteiger partial charge on any atom is 3.00 e. The van der Waals surface area contributed by atoms with E-state index in [0.717, 1.165) is 20.8 Å². The van der Waals surface area contributed by atoms with Crippen LogP contribution in [0.5, 0.6) is 0 Å². The Morgan fingerprint density at radius 1 is 0.500 bits per heavy atom. The van der Waals surface area contributed by atoms with Gasteiger partial charge in [0.2, 0.25) is 0 Å². The molecule has 0 saturated heterocycles. The average molecular weight is 571 g/mol. The quantitative estimate of drug-likeness (QED) is 0.217. The molecule has 0 spiro atoms. The van der Waals surface area contributed by atoms with Crippen molar-refractivity contribution in [2.45, 2.75) is 39.3 Å². The number of halogens is 9. The summed E-state index contributed by atoms with van der Waals surface area (Å²) in [4.78, 5) is 29.8. The zero-order chi connectivity index (χ0) is 25.1. The van der Waals surface area contributed by atoms with Crippen LogP contribution in [0.1, 0.15) is 20.8 Å². The van der Waals surface area contributed by atoms with Gasteiger partial charge in [-0.1, -0.05) is 0 Å². The number of hydrogen-bond donors (Lipinski definition) is 0. The molecule has 184 valence electrons. The Morgan fingerprint density at radius 3 is 0.656 bits per heavy atom. The van der Waals surface area contributed by atoms with Gasteiger partial charge in [0.05, 0.1) is 0 Å². The second kappa shape index (κ2) is 16.6. The first kappa shape index (κ1) is 40.4. The monoisotopic (exact) mass is 571 g/mol. The smallest absolute Gasteiger partial charge is 0.869 e. The summed E-state index contributed by atoms with van der Waals surface area (Å²) >= 11 is 0. The molecule has 0 atom stereocenters. The summed E-state index contributed by atoms with van der Waals surface area (Å²) in [5.41, 5.74) is 0. The van der Waals surface area contributed by atoms with Crippen molar-refractivity contribution in [2.24, 2.45) is 0 Å². The number of ketones is 3. The molecule has 0 heterocycles. The number of carbonyl (C=O) groups is 3. The van der Waals surface area contributed by atoms with Gasteiger partial charge in [0.15, 0.2) is 17.3 Å². The molecule has 0 unspecified atom stereocenters. The third kappa shape index (κ3) is 26.1. The number of rotatable bonds is 3. The van der Waals surface area contributed by atoms with E-state index in [1.807, 2.05) is 0 Å². The van der Waals surface area contributed by atoms with E-state index in [1.165, 1.54) is 0 Å². The Labute approximate surface area is 195 Å². The fraction of sp³-hybridized carbons (Fsp3) is 0.400. The van der Waals surface area contributed by atoms with Gasteiger partial charge in [0, 0.05) is 0 Å². The summed E-state index contributed by atoms with van der Waals surface area (Å²) in [6.07, 6.45) is -14.7. The van der Waals surface area contributed by atoms with Crippen LogP contribution in [0, 0.1) is 0 Å². The minimum atomic E-state index is -4.92. The molecule has 0 N–H and O–H groups in total. The van der Waals surface area contributed by atoms with Gasteiger partial charge in [0.1, 0.15) is 0 Å². The zero-order valence-electron chi connectivity index (χ0n) is 15.8. The van der Waals surface area contributed by atoms with Gasteiger partial charge in [-0.25, -0.2) is 0 Å². The summed E-state index contributed by atoms with van der Waals surface area (Å²) in [5.74, 6) is -9.04. The van der Waals surface area contributed by atoms with Crippen LogP contribution in [0.3, 0.4) is 0 Å². The molecule has 32 heavy (non-hydrogen) atoms. The SMILES string of the molecule is CC(=O)C=C([O-])C(F)(F)F.CC(=O)C=C([O-])C(F)(F)F.CC(=O)C=C([O-])C(F)(F)F.[Fe+3].[Fe+3]. The number of hydrogen-bond acceptors (Lipinski definition) is 6. The Bertz CT molecular complexity index is 611. The van der Waals surface area contributed by atoms with E-state index in [1.54, 1.807) is 0 Å². The molecule has 0 aromatic rings. The minimum absolute atomic E-state index is 0. The summed E-state index contributed by atoms with van der Waals surface area (Å²) in [6, 6.07) is 0. The van der Waals surface area contributed by atoms with Gasteiger partial charge in [-0.2, -0.15) is 39.5 Å². The molecule has 0 rings (SSSR count). The molecule has 2 radical (unpaired) electrons. The Morgan fingerprint density at radius 2 is 0.625 bits per heavy atom. The Hall–Kier alpha value is -1.96. The molecule has 0 aliphatic heterocycles. The van der Waals surface area contributed by atoms with E-state index >= 15 is 0 Å². The van der Waals surface area contributed by atoms with Crippen molar-refractivity contribution >= 4 is 17.3 Å². The van der Waals surface area contributed by atoms with Crippen LogP contribution in [0.15, 0.2) is 35.5 Å². The zero-order valence-corrected chi connectivity index (χ0v) is 18.0. The van der Waals surface area contributed by atoms with Crippen molar-refractivity contribution in [3.8, 4) is 0 Å². The Kier molecular flexibility index (Phi) is 21.0. The van der Waals surface area contributed by atoms with E-state index in [0.29, 0.717) is 0 Å². The van der Waals surface area contributed by atoms with Gasteiger partial charge in [-0.3, -0.25) is 14.4 Å². The molecule has 0 aromatic carbocycles. The van der Waals surface area contributed by atoms with E-state index in [2.05, 4.69) is 0 Å². The maximum absolute atomic E-state index is 11.3. The summed E-state index contributed by atoms with van der Waals surface area (Å²) in [7, 11) is 0. The van der Waals surface area contributed by atoms with Crippen LogP contribution in [0.2, 0.25) is 0 Å². The third-order valence-corrected chi connectivity index (χ3v) is 1.84. The van der Waals surface area contributed by atoms with Crippen LogP contribution >= 0.6 is 0 Å². The topological polar surface area (TPSA) is 120 Å². The minimum Gasteiger partial charge on any atom is -0.869 e. The van der Waals surface area contributed by atoms with Crippen LogP contribution in [-0.2, 0) is 48.5 Å². The first-order valence-corrected chi connectivity index (χ1v) is 6.91. The first-order chi connectivity index (χ1) is 13.0. The standard InChI is InChI=1S/3C5H5F3O2.2Fe/c3*1-3(9)2-4(10)5(6,7)8;;/h3*2,10H,1H3;;/q;;;2*+3/p-3. The van der Waals surface area contributed by atoms with Gasteiger partial charge >= 0.3 is 52.7 Å². The van der Waals surface area contributed by atoms with E-state index in [9.17, 15) is 69.2 Å². The van der Waals surface area contributed by atoms with Crippen molar-refractivity contribution in [2.75, 3.05) is 0 Å². The third-order valence-electron chi connectivity index (χ3n) is 1.84. The summed E-state index contributed by atoms with van der Waals surface area (Å²) < 4.78 is 101. The second-order valence-electron chi connectivity index (χ2n) is 4.85. The van der Waals surface area contributed by atoms with Crippen molar-refractivity contribution in [1.82, 2.24) is 0 Å². The Balaban J connectivity index is -0.000000110. The predicted molar refractivity (Wildman–Crippen MR) is 74.5 cm³/mol. The van der Waals surface area contributed by atoms with Crippen molar-refractivity contribution in [1.29, 1.82) is 0 Å². The van der Waals surface area contributed by atoms with E-state index in [-0.39, 0.29) is 52.4 Å². The molecular weight excluding hydrogens is 559 g/mol. The van der Waals surface area contributed by atoms with Crippen LogP contribution < -0.4 is 15.3 Å². The van der Waals surface area contributed by atoms with E-state index in [4.69, 9.17) is 0 Å².